The van der Waals surface area contributed by atoms with Crippen LogP contribution in [0, 0.1) is 12.8 Å². The predicted octanol–water partition coefficient (Wildman–Crippen LogP) is 3.17. The molecule has 1 nitrogen and oxygen atoms in total. The van der Waals surface area contributed by atoms with Gasteiger partial charge in [-0.3, -0.25) is 0 Å². The summed E-state index contributed by atoms with van der Waals surface area (Å²) in [6.07, 6.45) is 2.42. The van der Waals surface area contributed by atoms with Crippen LogP contribution in [0.5, 0.6) is 0 Å². The summed E-state index contributed by atoms with van der Waals surface area (Å²) in [5.41, 5.74) is 2.87. The largest absolute Gasteiger partial charge is 0.316 e. The first-order valence-electron chi connectivity index (χ1n) is 5.95. The van der Waals surface area contributed by atoms with Crippen molar-refractivity contribution in [3.8, 4) is 0 Å². The zero-order valence-electron chi connectivity index (χ0n) is 10.2. The lowest BCUT2D eigenvalue weighted by atomic mass is 10.1. The van der Waals surface area contributed by atoms with E-state index in [0.29, 0.717) is 0 Å². The van der Waals surface area contributed by atoms with Crippen LogP contribution in [0.15, 0.2) is 24.3 Å². The van der Waals surface area contributed by atoms with Gasteiger partial charge in [-0.2, -0.15) is 0 Å². The monoisotopic (exact) mass is 205 g/mol. The molecule has 1 aromatic rings. The first kappa shape index (κ1) is 12.3. The molecular formula is C14H23N. The van der Waals surface area contributed by atoms with Gasteiger partial charge in [-0.05, 0) is 49.9 Å². The Balaban J connectivity index is 2.18. The molecule has 0 spiro atoms. The molecule has 1 rings (SSSR count). The molecule has 84 valence electrons. The molecule has 0 unspecified atom stereocenters. The van der Waals surface area contributed by atoms with Gasteiger partial charge in [0, 0.05) is 0 Å². The molecule has 0 atom stereocenters. The van der Waals surface area contributed by atoms with Crippen LogP contribution in [0.25, 0.3) is 0 Å². The van der Waals surface area contributed by atoms with Crippen LogP contribution in [-0.4, -0.2) is 13.1 Å². The standard InChI is InChI=1S/C14H23N/c1-12(2)8-10-15-11-9-14-7-5-4-6-13(14)3/h4-7,12,15H,8-11H2,1-3H3. The Morgan fingerprint density at radius 1 is 1.13 bits per heavy atom. The van der Waals surface area contributed by atoms with E-state index >= 15 is 0 Å². The van der Waals surface area contributed by atoms with Gasteiger partial charge in [0.1, 0.15) is 0 Å². The molecule has 0 radical (unpaired) electrons. The van der Waals surface area contributed by atoms with Crippen molar-refractivity contribution in [3.63, 3.8) is 0 Å². The Morgan fingerprint density at radius 2 is 1.87 bits per heavy atom. The number of nitrogens with one attached hydrogen (secondary N) is 1. The highest BCUT2D eigenvalue weighted by molar-refractivity contribution is 5.25. The molecule has 0 aromatic heterocycles. The second-order valence-corrected chi connectivity index (χ2v) is 4.61. The smallest absolute Gasteiger partial charge is 0.000825 e. The summed E-state index contributed by atoms with van der Waals surface area (Å²) < 4.78 is 0. The van der Waals surface area contributed by atoms with Crippen molar-refractivity contribution < 1.29 is 0 Å². The third kappa shape index (κ3) is 4.98. The highest BCUT2D eigenvalue weighted by atomic mass is 14.8. The Labute approximate surface area is 93.9 Å². The summed E-state index contributed by atoms with van der Waals surface area (Å²) >= 11 is 0. The SMILES string of the molecule is Cc1ccccc1CCNCCC(C)C. The number of aryl methyl sites for hydroxylation is 1. The highest BCUT2D eigenvalue weighted by Crippen LogP contribution is 2.06. The quantitative estimate of drug-likeness (QED) is 0.703. The molecule has 15 heavy (non-hydrogen) atoms. The summed E-state index contributed by atoms with van der Waals surface area (Å²) in [5.74, 6) is 0.802. The van der Waals surface area contributed by atoms with Crippen LogP contribution in [0.4, 0.5) is 0 Å². The summed E-state index contributed by atoms with van der Waals surface area (Å²) in [6, 6.07) is 8.63. The second-order valence-electron chi connectivity index (χ2n) is 4.61. The first-order chi connectivity index (χ1) is 7.20. The van der Waals surface area contributed by atoms with Crippen LogP contribution in [0.2, 0.25) is 0 Å². The summed E-state index contributed by atoms with van der Waals surface area (Å²) in [7, 11) is 0. The number of rotatable bonds is 6. The van der Waals surface area contributed by atoms with Gasteiger partial charge in [0.2, 0.25) is 0 Å². The normalized spacial score (nSPS) is 10.9. The molecule has 1 aromatic carbocycles. The van der Waals surface area contributed by atoms with Crippen molar-refractivity contribution in [2.75, 3.05) is 13.1 Å². The van der Waals surface area contributed by atoms with E-state index in [1.807, 2.05) is 0 Å². The summed E-state index contributed by atoms with van der Waals surface area (Å²) in [6.45, 7) is 8.95. The predicted molar refractivity (Wildman–Crippen MR) is 67.2 cm³/mol. The zero-order chi connectivity index (χ0) is 11.1. The minimum Gasteiger partial charge on any atom is -0.316 e. The summed E-state index contributed by atoms with van der Waals surface area (Å²) in [4.78, 5) is 0. The number of hydrogen-bond acceptors (Lipinski definition) is 1. The van der Waals surface area contributed by atoms with Crippen molar-refractivity contribution in [1.82, 2.24) is 5.32 Å². The second kappa shape index (κ2) is 6.62. The fourth-order valence-electron chi connectivity index (χ4n) is 1.63. The number of benzene rings is 1. The van der Waals surface area contributed by atoms with Crippen molar-refractivity contribution in [2.24, 2.45) is 5.92 Å². The molecule has 1 heteroatoms. The van der Waals surface area contributed by atoms with Gasteiger partial charge in [0.15, 0.2) is 0 Å². The minimum atomic E-state index is 0.802. The van der Waals surface area contributed by atoms with E-state index in [1.165, 1.54) is 17.5 Å². The molecule has 0 saturated heterocycles. The molecule has 0 heterocycles. The van der Waals surface area contributed by atoms with Gasteiger partial charge in [0.25, 0.3) is 0 Å². The molecule has 0 aliphatic rings. The van der Waals surface area contributed by atoms with E-state index in [4.69, 9.17) is 0 Å². The Bertz CT molecular complexity index is 278. The van der Waals surface area contributed by atoms with Crippen LogP contribution >= 0.6 is 0 Å². The molecule has 0 amide bonds. The maximum absolute atomic E-state index is 3.49. The fourth-order valence-corrected chi connectivity index (χ4v) is 1.63. The average Bonchev–Trinajstić information content (AvgIpc) is 2.20. The van der Waals surface area contributed by atoms with E-state index in [0.717, 1.165) is 25.4 Å². The molecule has 0 aliphatic carbocycles. The molecule has 0 aliphatic heterocycles. The lowest BCUT2D eigenvalue weighted by molar-refractivity contribution is 0.539. The Kier molecular flexibility index (Phi) is 5.41. The lowest BCUT2D eigenvalue weighted by Gasteiger charge is -2.08. The number of hydrogen-bond donors (Lipinski definition) is 1. The molecular weight excluding hydrogens is 182 g/mol. The van der Waals surface area contributed by atoms with Crippen molar-refractivity contribution in [2.45, 2.75) is 33.6 Å². The van der Waals surface area contributed by atoms with E-state index in [1.54, 1.807) is 0 Å². The van der Waals surface area contributed by atoms with Crippen LogP contribution in [0.3, 0.4) is 0 Å². The Morgan fingerprint density at radius 3 is 2.53 bits per heavy atom. The van der Waals surface area contributed by atoms with Gasteiger partial charge >= 0.3 is 0 Å². The minimum absolute atomic E-state index is 0.802. The fraction of sp³-hybridized carbons (Fsp3) is 0.571. The van der Waals surface area contributed by atoms with Crippen molar-refractivity contribution in [3.05, 3.63) is 35.4 Å². The lowest BCUT2D eigenvalue weighted by Crippen LogP contribution is -2.19. The van der Waals surface area contributed by atoms with Gasteiger partial charge in [-0.25, -0.2) is 0 Å². The third-order valence-corrected chi connectivity index (χ3v) is 2.73. The van der Waals surface area contributed by atoms with Gasteiger partial charge in [0.05, 0.1) is 0 Å². The average molecular weight is 205 g/mol. The van der Waals surface area contributed by atoms with Crippen molar-refractivity contribution >= 4 is 0 Å². The maximum atomic E-state index is 3.49. The summed E-state index contributed by atoms with van der Waals surface area (Å²) in [5, 5.41) is 3.49. The third-order valence-electron chi connectivity index (χ3n) is 2.73. The first-order valence-corrected chi connectivity index (χ1v) is 5.95. The Hall–Kier alpha value is -0.820. The molecule has 0 saturated carbocycles. The van der Waals surface area contributed by atoms with Crippen LogP contribution in [-0.2, 0) is 6.42 Å². The van der Waals surface area contributed by atoms with Gasteiger partial charge in [-0.1, -0.05) is 38.1 Å². The van der Waals surface area contributed by atoms with E-state index in [2.05, 4.69) is 50.4 Å². The van der Waals surface area contributed by atoms with Gasteiger partial charge < -0.3 is 5.32 Å². The van der Waals surface area contributed by atoms with Crippen LogP contribution in [0.1, 0.15) is 31.4 Å². The van der Waals surface area contributed by atoms with Gasteiger partial charge in [-0.15, -0.1) is 0 Å². The van der Waals surface area contributed by atoms with E-state index < -0.39 is 0 Å². The van der Waals surface area contributed by atoms with E-state index in [-0.39, 0.29) is 0 Å². The molecule has 1 N–H and O–H groups in total. The zero-order valence-corrected chi connectivity index (χ0v) is 10.2. The van der Waals surface area contributed by atoms with E-state index in [9.17, 15) is 0 Å². The topological polar surface area (TPSA) is 12.0 Å². The van der Waals surface area contributed by atoms with Crippen LogP contribution < -0.4 is 5.32 Å². The highest BCUT2D eigenvalue weighted by Gasteiger charge is 1.97. The maximum Gasteiger partial charge on any atom is -0.000825 e. The molecule has 0 fully saturated rings. The molecule has 0 bridgehead atoms. The van der Waals surface area contributed by atoms with Crippen molar-refractivity contribution in [1.29, 1.82) is 0 Å².